The highest BCUT2D eigenvalue weighted by Gasteiger charge is 2.16. The van der Waals surface area contributed by atoms with E-state index in [1.54, 1.807) is 0 Å². The van der Waals surface area contributed by atoms with Crippen molar-refractivity contribution in [2.45, 2.75) is 19.4 Å². The molecule has 1 aliphatic heterocycles. The molecule has 4 nitrogen and oxygen atoms in total. The van der Waals surface area contributed by atoms with E-state index in [1.165, 1.54) is 16.8 Å². The summed E-state index contributed by atoms with van der Waals surface area (Å²) < 4.78 is 2.14. The molecule has 0 amide bonds. The number of imidazole rings is 1. The number of nitrogens with zero attached hydrogens (tertiary/aromatic N) is 3. The van der Waals surface area contributed by atoms with Crippen molar-refractivity contribution in [3.63, 3.8) is 0 Å². The number of likely N-dealkylation sites (N-methyl/N-ethyl adjacent to an activating group) is 1. The summed E-state index contributed by atoms with van der Waals surface area (Å²) in [5.74, 6) is 1.09. The number of aromatic nitrogens is 2. The van der Waals surface area contributed by atoms with Crippen LogP contribution in [0.25, 0.3) is 0 Å². The molecule has 2 heterocycles. The van der Waals surface area contributed by atoms with Gasteiger partial charge in [-0.15, -0.1) is 0 Å². The molecule has 1 aromatic carbocycles. The molecule has 0 saturated heterocycles. The number of nitrogens with two attached hydrogens (primary N) is 1. The van der Waals surface area contributed by atoms with Gasteiger partial charge < -0.3 is 15.2 Å². The van der Waals surface area contributed by atoms with Gasteiger partial charge in [-0.1, -0.05) is 12.1 Å². The highest BCUT2D eigenvalue weighted by atomic mass is 15.1. The Bertz CT molecular complexity index is 573. The van der Waals surface area contributed by atoms with Crippen LogP contribution in [-0.2, 0) is 19.4 Å². The summed E-state index contributed by atoms with van der Waals surface area (Å²) in [7, 11) is 2.15. The third-order valence-electron chi connectivity index (χ3n) is 3.81. The van der Waals surface area contributed by atoms with Crippen molar-refractivity contribution in [3.05, 3.63) is 47.5 Å². The van der Waals surface area contributed by atoms with Gasteiger partial charge in [0.15, 0.2) is 0 Å². The van der Waals surface area contributed by atoms with E-state index in [0.717, 1.165) is 31.8 Å². The van der Waals surface area contributed by atoms with Crippen molar-refractivity contribution < 1.29 is 0 Å². The molecule has 1 aromatic heterocycles. The molecule has 4 heteroatoms. The van der Waals surface area contributed by atoms with Crippen LogP contribution in [-0.4, -0.2) is 29.7 Å². The van der Waals surface area contributed by atoms with E-state index in [1.807, 2.05) is 12.4 Å². The smallest absolute Gasteiger partial charge is 0.113 e. The van der Waals surface area contributed by atoms with Crippen LogP contribution in [0.4, 0.5) is 5.69 Å². The highest BCUT2D eigenvalue weighted by molar-refractivity contribution is 5.58. The maximum atomic E-state index is 5.62. The van der Waals surface area contributed by atoms with Crippen molar-refractivity contribution in [1.29, 1.82) is 0 Å². The van der Waals surface area contributed by atoms with Crippen molar-refractivity contribution in [1.82, 2.24) is 9.55 Å². The minimum absolute atomic E-state index is 0.651. The highest BCUT2D eigenvalue weighted by Crippen LogP contribution is 2.27. The summed E-state index contributed by atoms with van der Waals surface area (Å²) in [4.78, 5) is 6.75. The zero-order valence-electron chi connectivity index (χ0n) is 11.3. The Morgan fingerprint density at radius 2 is 2.26 bits per heavy atom. The lowest BCUT2D eigenvalue weighted by Gasteiger charge is -2.12. The Hall–Kier alpha value is -1.81. The van der Waals surface area contributed by atoms with E-state index < -0.39 is 0 Å². The van der Waals surface area contributed by atoms with Crippen LogP contribution in [0.1, 0.15) is 17.0 Å². The first kappa shape index (κ1) is 12.2. The first-order chi connectivity index (χ1) is 9.28. The Kier molecular flexibility index (Phi) is 3.25. The minimum atomic E-state index is 0.651. The predicted molar refractivity (Wildman–Crippen MR) is 77.5 cm³/mol. The summed E-state index contributed by atoms with van der Waals surface area (Å²) in [6.45, 7) is 2.61. The molecule has 0 saturated carbocycles. The van der Waals surface area contributed by atoms with E-state index in [0.29, 0.717) is 6.54 Å². The average molecular weight is 256 g/mol. The van der Waals surface area contributed by atoms with Crippen LogP contribution in [0.2, 0.25) is 0 Å². The summed E-state index contributed by atoms with van der Waals surface area (Å²) >= 11 is 0. The quantitative estimate of drug-likeness (QED) is 0.900. The fourth-order valence-corrected chi connectivity index (χ4v) is 2.76. The number of hydrogen-bond donors (Lipinski definition) is 1. The molecule has 0 spiro atoms. The second-order valence-electron chi connectivity index (χ2n) is 5.14. The molecule has 0 bridgehead atoms. The van der Waals surface area contributed by atoms with Crippen molar-refractivity contribution in [2.75, 3.05) is 25.0 Å². The zero-order valence-corrected chi connectivity index (χ0v) is 11.3. The molecule has 2 N–H and O–H groups in total. The number of benzene rings is 1. The Labute approximate surface area is 113 Å². The Morgan fingerprint density at radius 1 is 1.37 bits per heavy atom. The van der Waals surface area contributed by atoms with Crippen LogP contribution in [0.5, 0.6) is 0 Å². The standard InChI is InChI=1S/C15H20N4/c1-18-7-4-13-10-12(2-3-14(13)18)11-15-17-6-9-19(15)8-5-16/h2-3,6,9-10H,4-5,7-8,11,16H2,1H3. The SMILES string of the molecule is CN1CCc2cc(Cc3nccn3CCN)ccc21. The van der Waals surface area contributed by atoms with Gasteiger partial charge in [0.25, 0.3) is 0 Å². The second kappa shape index (κ2) is 5.05. The predicted octanol–water partition coefficient (Wildman–Crippen LogP) is 1.42. The van der Waals surface area contributed by atoms with E-state index >= 15 is 0 Å². The van der Waals surface area contributed by atoms with E-state index in [9.17, 15) is 0 Å². The maximum absolute atomic E-state index is 5.62. The number of fused-ring (bicyclic) bond motifs is 1. The normalized spacial score (nSPS) is 13.9. The monoisotopic (exact) mass is 256 g/mol. The summed E-state index contributed by atoms with van der Waals surface area (Å²) in [6, 6.07) is 6.76. The summed E-state index contributed by atoms with van der Waals surface area (Å²) in [6.07, 6.45) is 5.89. The Morgan fingerprint density at radius 3 is 3.11 bits per heavy atom. The lowest BCUT2D eigenvalue weighted by Crippen LogP contribution is -2.12. The molecule has 0 aliphatic carbocycles. The third-order valence-corrected chi connectivity index (χ3v) is 3.81. The molecule has 2 aromatic rings. The van der Waals surface area contributed by atoms with E-state index in [2.05, 4.69) is 39.7 Å². The molecule has 0 unspecified atom stereocenters. The first-order valence-electron chi connectivity index (χ1n) is 6.81. The van der Waals surface area contributed by atoms with Gasteiger partial charge in [0.05, 0.1) is 0 Å². The minimum Gasteiger partial charge on any atom is -0.374 e. The molecule has 0 fully saturated rings. The molecule has 0 atom stereocenters. The van der Waals surface area contributed by atoms with Crippen LogP contribution in [0.3, 0.4) is 0 Å². The Balaban J connectivity index is 1.82. The van der Waals surface area contributed by atoms with Crippen LogP contribution >= 0.6 is 0 Å². The van der Waals surface area contributed by atoms with Crippen molar-refractivity contribution in [2.24, 2.45) is 5.73 Å². The second-order valence-corrected chi connectivity index (χ2v) is 5.14. The molecular formula is C15H20N4. The van der Waals surface area contributed by atoms with Gasteiger partial charge in [0.1, 0.15) is 5.82 Å². The lowest BCUT2D eigenvalue weighted by atomic mass is 10.1. The molecule has 19 heavy (non-hydrogen) atoms. The maximum Gasteiger partial charge on any atom is 0.113 e. The average Bonchev–Trinajstić information content (AvgIpc) is 2.98. The zero-order chi connectivity index (χ0) is 13.2. The van der Waals surface area contributed by atoms with Crippen molar-refractivity contribution in [3.8, 4) is 0 Å². The van der Waals surface area contributed by atoms with Gasteiger partial charge in [-0.2, -0.15) is 0 Å². The number of anilines is 1. The fourth-order valence-electron chi connectivity index (χ4n) is 2.76. The largest absolute Gasteiger partial charge is 0.374 e. The van der Waals surface area contributed by atoms with Gasteiger partial charge in [0.2, 0.25) is 0 Å². The van der Waals surface area contributed by atoms with Crippen LogP contribution in [0, 0.1) is 0 Å². The van der Waals surface area contributed by atoms with Gasteiger partial charge in [-0.3, -0.25) is 0 Å². The fraction of sp³-hybridized carbons (Fsp3) is 0.400. The van der Waals surface area contributed by atoms with Crippen LogP contribution < -0.4 is 10.6 Å². The lowest BCUT2D eigenvalue weighted by molar-refractivity contribution is 0.671. The van der Waals surface area contributed by atoms with Gasteiger partial charge in [-0.25, -0.2) is 4.98 Å². The van der Waals surface area contributed by atoms with Crippen molar-refractivity contribution >= 4 is 5.69 Å². The molecule has 100 valence electrons. The summed E-state index contributed by atoms with van der Waals surface area (Å²) in [5.41, 5.74) is 9.77. The molecule has 1 aliphatic rings. The van der Waals surface area contributed by atoms with Gasteiger partial charge >= 0.3 is 0 Å². The third kappa shape index (κ3) is 2.36. The molecule has 0 radical (unpaired) electrons. The molecule has 3 rings (SSSR count). The molecular weight excluding hydrogens is 236 g/mol. The van der Waals surface area contributed by atoms with Gasteiger partial charge in [0, 0.05) is 51.2 Å². The first-order valence-corrected chi connectivity index (χ1v) is 6.81. The van der Waals surface area contributed by atoms with E-state index in [-0.39, 0.29) is 0 Å². The topological polar surface area (TPSA) is 47.1 Å². The van der Waals surface area contributed by atoms with Crippen LogP contribution in [0.15, 0.2) is 30.6 Å². The van der Waals surface area contributed by atoms with Gasteiger partial charge in [-0.05, 0) is 23.6 Å². The number of hydrogen-bond acceptors (Lipinski definition) is 3. The summed E-state index contributed by atoms with van der Waals surface area (Å²) in [5, 5.41) is 0. The van der Waals surface area contributed by atoms with E-state index in [4.69, 9.17) is 5.73 Å². The number of rotatable bonds is 4.